The highest BCUT2D eigenvalue weighted by atomic mass is 16.3. The third kappa shape index (κ3) is 3.71. The fourth-order valence-electron chi connectivity index (χ4n) is 2.23. The van der Waals surface area contributed by atoms with Gasteiger partial charge in [0, 0.05) is 6.54 Å². The molecule has 1 aliphatic rings. The summed E-state index contributed by atoms with van der Waals surface area (Å²) in [7, 11) is 0. The van der Waals surface area contributed by atoms with E-state index in [4.69, 9.17) is 4.42 Å². The molecule has 2 amide bonds. The van der Waals surface area contributed by atoms with Crippen molar-refractivity contribution in [1.29, 1.82) is 0 Å². The zero-order valence-electron chi connectivity index (χ0n) is 11.4. The van der Waals surface area contributed by atoms with E-state index in [1.54, 1.807) is 23.1 Å². The quantitative estimate of drug-likeness (QED) is 0.674. The van der Waals surface area contributed by atoms with Gasteiger partial charge in [-0.05, 0) is 12.1 Å². The average Bonchev–Trinajstić information content (AvgIpc) is 2.99. The smallest absolute Gasteiger partial charge is 0.289 e. The predicted octanol–water partition coefficient (Wildman–Crippen LogP) is -1.08. The normalized spacial score (nSPS) is 15.9. The summed E-state index contributed by atoms with van der Waals surface area (Å²) in [4.78, 5) is 26.6. The van der Waals surface area contributed by atoms with Gasteiger partial charge in [0.15, 0.2) is 12.3 Å². The molecule has 0 spiro atoms. The van der Waals surface area contributed by atoms with Crippen LogP contribution in [-0.4, -0.2) is 56.0 Å². The van der Waals surface area contributed by atoms with E-state index in [-0.39, 0.29) is 11.8 Å². The van der Waals surface area contributed by atoms with Gasteiger partial charge in [-0.3, -0.25) is 9.59 Å². The summed E-state index contributed by atoms with van der Waals surface area (Å²) in [6.07, 6.45) is 3.16. The molecule has 0 bridgehead atoms. The van der Waals surface area contributed by atoms with Crippen molar-refractivity contribution in [2.45, 2.75) is 0 Å². The Morgan fingerprint density at radius 1 is 1.45 bits per heavy atom. The zero-order valence-corrected chi connectivity index (χ0v) is 11.4. The third-order valence-electron chi connectivity index (χ3n) is 3.34. The molecule has 0 radical (unpaired) electrons. The number of nitrogens with one attached hydrogen (secondary N) is 2. The largest absolute Gasteiger partial charge is 0.459 e. The number of piperazine rings is 1. The first kappa shape index (κ1) is 14.3. The second-order valence-electron chi connectivity index (χ2n) is 4.79. The first-order valence-electron chi connectivity index (χ1n) is 6.74. The van der Waals surface area contributed by atoms with Gasteiger partial charge in [0.05, 0.1) is 32.4 Å². The molecule has 1 aromatic heterocycles. The van der Waals surface area contributed by atoms with Crippen LogP contribution in [0.1, 0.15) is 10.6 Å². The van der Waals surface area contributed by atoms with Gasteiger partial charge in [0.2, 0.25) is 0 Å². The minimum absolute atomic E-state index is 0.0192. The summed E-state index contributed by atoms with van der Waals surface area (Å²) in [5.41, 5.74) is 0. The molecule has 0 aromatic carbocycles. The van der Waals surface area contributed by atoms with E-state index in [1.165, 1.54) is 11.2 Å². The van der Waals surface area contributed by atoms with Crippen LogP contribution in [0.15, 0.2) is 35.5 Å². The number of hydrogen-bond acceptors (Lipinski definition) is 3. The van der Waals surface area contributed by atoms with Crippen LogP contribution in [0.5, 0.6) is 0 Å². The molecule has 0 atom stereocenters. The molecule has 1 saturated heterocycles. The Morgan fingerprint density at radius 2 is 2.20 bits per heavy atom. The van der Waals surface area contributed by atoms with Crippen molar-refractivity contribution in [3.8, 4) is 0 Å². The van der Waals surface area contributed by atoms with Gasteiger partial charge in [-0.1, -0.05) is 6.08 Å². The van der Waals surface area contributed by atoms with Crippen LogP contribution in [0.4, 0.5) is 0 Å². The zero-order chi connectivity index (χ0) is 14.4. The molecule has 0 aliphatic carbocycles. The minimum atomic E-state index is -0.0786. The van der Waals surface area contributed by atoms with Crippen LogP contribution in [0.25, 0.3) is 0 Å². The third-order valence-corrected chi connectivity index (χ3v) is 3.34. The Balaban J connectivity index is 1.76. The lowest BCUT2D eigenvalue weighted by atomic mass is 10.3. The standard InChI is InChI=1S/C14H19N3O3/c1-2-5-15-13(18)11-16-6-8-17(9-7-16)14(19)12-4-3-10-20-12/h2-4,10H,1,5-9,11H2,(H,15,18)/p+1. The molecule has 6 nitrogen and oxygen atoms in total. The van der Waals surface area contributed by atoms with Gasteiger partial charge in [-0.15, -0.1) is 6.58 Å². The van der Waals surface area contributed by atoms with E-state index < -0.39 is 0 Å². The second kappa shape index (κ2) is 6.91. The first-order chi connectivity index (χ1) is 9.70. The van der Waals surface area contributed by atoms with Gasteiger partial charge in [-0.2, -0.15) is 0 Å². The Bertz CT molecular complexity index is 462. The van der Waals surface area contributed by atoms with Crippen LogP contribution in [-0.2, 0) is 4.79 Å². The van der Waals surface area contributed by atoms with Crippen LogP contribution >= 0.6 is 0 Å². The summed E-state index contributed by atoms with van der Waals surface area (Å²) in [6, 6.07) is 3.38. The van der Waals surface area contributed by atoms with Gasteiger partial charge in [0.25, 0.3) is 11.8 Å². The fraction of sp³-hybridized carbons (Fsp3) is 0.429. The Morgan fingerprint density at radius 3 is 2.80 bits per heavy atom. The maximum atomic E-state index is 12.1. The highest BCUT2D eigenvalue weighted by molar-refractivity contribution is 5.91. The number of carbonyl (C=O) groups is 2. The number of furan rings is 1. The minimum Gasteiger partial charge on any atom is -0.459 e. The number of hydrogen-bond donors (Lipinski definition) is 2. The molecular weight excluding hydrogens is 258 g/mol. The second-order valence-corrected chi connectivity index (χ2v) is 4.79. The van der Waals surface area contributed by atoms with Crippen LogP contribution < -0.4 is 10.2 Å². The van der Waals surface area contributed by atoms with Gasteiger partial charge < -0.3 is 19.5 Å². The number of carbonyl (C=O) groups excluding carboxylic acids is 2. The summed E-state index contributed by atoms with van der Waals surface area (Å²) in [5.74, 6) is 0.313. The SMILES string of the molecule is C=CCNC(=O)C[NH+]1CCN(C(=O)c2ccco2)CC1. The fourth-order valence-corrected chi connectivity index (χ4v) is 2.23. The molecule has 1 aromatic rings. The summed E-state index contributed by atoms with van der Waals surface area (Å²) in [6.45, 7) is 7.32. The Labute approximate surface area is 118 Å². The molecular formula is C14H20N3O3+. The highest BCUT2D eigenvalue weighted by Gasteiger charge is 2.26. The van der Waals surface area contributed by atoms with Crippen molar-refractivity contribution in [2.24, 2.45) is 0 Å². The van der Waals surface area contributed by atoms with E-state index in [9.17, 15) is 9.59 Å². The first-order valence-corrected chi connectivity index (χ1v) is 6.74. The highest BCUT2D eigenvalue weighted by Crippen LogP contribution is 2.05. The van der Waals surface area contributed by atoms with Crippen molar-refractivity contribution >= 4 is 11.8 Å². The van der Waals surface area contributed by atoms with E-state index >= 15 is 0 Å². The van der Waals surface area contributed by atoms with Crippen LogP contribution in [0, 0.1) is 0 Å². The average molecular weight is 278 g/mol. The van der Waals surface area contributed by atoms with E-state index in [1.807, 2.05) is 0 Å². The van der Waals surface area contributed by atoms with Crippen molar-refractivity contribution in [3.63, 3.8) is 0 Å². The van der Waals surface area contributed by atoms with Gasteiger partial charge in [0.1, 0.15) is 0 Å². The summed E-state index contributed by atoms with van der Waals surface area (Å²) < 4.78 is 5.11. The van der Waals surface area contributed by atoms with E-state index in [0.717, 1.165) is 13.1 Å². The number of quaternary nitrogens is 1. The lowest BCUT2D eigenvalue weighted by molar-refractivity contribution is -0.896. The van der Waals surface area contributed by atoms with E-state index in [0.29, 0.717) is 31.9 Å². The maximum Gasteiger partial charge on any atom is 0.289 e. The summed E-state index contributed by atoms with van der Waals surface area (Å²) in [5, 5.41) is 2.76. The topological polar surface area (TPSA) is 67.0 Å². The molecule has 0 saturated carbocycles. The van der Waals surface area contributed by atoms with Crippen molar-refractivity contribution in [3.05, 3.63) is 36.8 Å². The Hall–Kier alpha value is -2.08. The van der Waals surface area contributed by atoms with E-state index in [2.05, 4.69) is 11.9 Å². The van der Waals surface area contributed by atoms with Crippen LogP contribution in [0.3, 0.4) is 0 Å². The van der Waals surface area contributed by atoms with Crippen LogP contribution in [0.2, 0.25) is 0 Å². The molecule has 2 rings (SSSR count). The van der Waals surface area contributed by atoms with Crippen molar-refractivity contribution < 1.29 is 18.9 Å². The molecule has 0 unspecified atom stereocenters. The maximum absolute atomic E-state index is 12.1. The Kier molecular flexibility index (Phi) is 4.95. The van der Waals surface area contributed by atoms with Gasteiger partial charge >= 0.3 is 0 Å². The number of rotatable bonds is 5. The molecule has 20 heavy (non-hydrogen) atoms. The summed E-state index contributed by atoms with van der Waals surface area (Å²) >= 11 is 0. The molecule has 6 heteroatoms. The number of nitrogens with zero attached hydrogens (tertiary/aromatic N) is 1. The molecule has 2 N–H and O–H groups in total. The molecule has 1 aliphatic heterocycles. The van der Waals surface area contributed by atoms with Crippen molar-refractivity contribution in [1.82, 2.24) is 10.2 Å². The predicted molar refractivity (Wildman–Crippen MR) is 73.4 cm³/mol. The lowest BCUT2D eigenvalue weighted by Crippen LogP contribution is -3.15. The molecule has 108 valence electrons. The lowest BCUT2D eigenvalue weighted by Gasteiger charge is -2.31. The van der Waals surface area contributed by atoms with Crippen molar-refractivity contribution in [2.75, 3.05) is 39.3 Å². The number of amides is 2. The van der Waals surface area contributed by atoms with Gasteiger partial charge in [-0.25, -0.2) is 0 Å². The molecule has 2 heterocycles. The monoisotopic (exact) mass is 278 g/mol. The molecule has 1 fully saturated rings.